The summed E-state index contributed by atoms with van der Waals surface area (Å²) in [5.74, 6) is 0.216. The molecular weight excluding hydrogens is 278 g/mol. The molecule has 0 atom stereocenters. The lowest BCUT2D eigenvalue weighted by molar-refractivity contribution is -0.136. The van der Waals surface area contributed by atoms with Crippen molar-refractivity contribution in [1.82, 2.24) is 4.98 Å². The highest BCUT2D eigenvalue weighted by Crippen LogP contribution is 2.18. The van der Waals surface area contributed by atoms with Gasteiger partial charge in [-0.15, -0.1) is 0 Å². The van der Waals surface area contributed by atoms with Crippen molar-refractivity contribution >= 4 is 17.5 Å². The third-order valence-corrected chi connectivity index (χ3v) is 3.81. The molecule has 0 aromatic carbocycles. The maximum atomic E-state index is 10.8. The maximum absolute atomic E-state index is 10.8. The standard InChI is InChI=1S/C17H29N3O2/c1-4-7-8-12-20(13-11-17(21)22)15-9-10-16(18-14-15)19(5-2)6-3/h9-10,14H,4-8,11-13H2,1-3H3,(H,21,22). The quantitative estimate of drug-likeness (QED) is 0.635. The van der Waals surface area contributed by atoms with E-state index in [4.69, 9.17) is 5.11 Å². The van der Waals surface area contributed by atoms with Crippen LogP contribution in [0.25, 0.3) is 0 Å². The van der Waals surface area contributed by atoms with Gasteiger partial charge in [-0.2, -0.15) is 0 Å². The van der Waals surface area contributed by atoms with Crippen molar-refractivity contribution in [2.75, 3.05) is 36.0 Å². The highest BCUT2D eigenvalue weighted by Gasteiger charge is 2.10. The zero-order chi connectivity index (χ0) is 16.4. The minimum Gasteiger partial charge on any atom is -0.481 e. The molecule has 1 aromatic rings. The number of aliphatic carboxylic acids is 1. The molecule has 0 saturated heterocycles. The Morgan fingerprint density at radius 1 is 1.09 bits per heavy atom. The first kappa shape index (κ1) is 18.3. The van der Waals surface area contributed by atoms with Crippen LogP contribution >= 0.6 is 0 Å². The van der Waals surface area contributed by atoms with E-state index in [0.29, 0.717) is 6.54 Å². The molecule has 1 aromatic heterocycles. The fraction of sp³-hybridized carbons (Fsp3) is 0.647. The van der Waals surface area contributed by atoms with Gasteiger partial charge in [0.15, 0.2) is 0 Å². The summed E-state index contributed by atoms with van der Waals surface area (Å²) < 4.78 is 0. The number of carboxylic acid groups (broad SMARTS) is 1. The van der Waals surface area contributed by atoms with Crippen LogP contribution < -0.4 is 9.80 Å². The van der Waals surface area contributed by atoms with Crippen LogP contribution in [0, 0.1) is 0 Å². The topological polar surface area (TPSA) is 56.7 Å². The molecule has 5 nitrogen and oxygen atoms in total. The highest BCUT2D eigenvalue weighted by atomic mass is 16.4. The average Bonchev–Trinajstić information content (AvgIpc) is 2.52. The van der Waals surface area contributed by atoms with Gasteiger partial charge in [0.1, 0.15) is 5.82 Å². The molecule has 5 heteroatoms. The second-order valence-electron chi connectivity index (χ2n) is 5.38. The van der Waals surface area contributed by atoms with E-state index in [-0.39, 0.29) is 6.42 Å². The molecule has 0 fully saturated rings. The Morgan fingerprint density at radius 3 is 2.32 bits per heavy atom. The molecule has 0 bridgehead atoms. The van der Waals surface area contributed by atoms with E-state index in [0.717, 1.165) is 50.4 Å². The minimum absolute atomic E-state index is 0.157. The molecule has 0 aliphatic rings. The first-order chi connectivity index (χ1) is 10.6. The van der Waals surface area contributed by atoms with Gasteiger partial charge < -0.3 is 14.9 Å². The lowest BCUT2D eigenvalue weighted by Gasteiger charge is -2.25. The molecule has 0 spiro atoms. The van der Waals surface area contributed by atoms with E-state index < -0.39 is 5.97 Å². The van der Waals surface area contributed by atoms with Crippen molar-refractivity contribution in [3.05, 3.63) is 18.3 Å². The van der Waals surface area contributed by atoms with Gasteiger partial charge in [0, 0.05) is 26.2 Å². The number of pyridine rings is 1. The molecule has 0 aliphatic heterocycles. The highest BCUT2D eigenvalue weighted by molar-refractivity contribution is 5.67. The van der Waals surface area contributed by atoms with Crippen molar-refractivity contribution in [3.8, 4) is 0 Å². The van der Waals surface area contributed by atoms with Crippen molar-refractivity contribution in [2.45, 2.75) is 46.5 Å². The van der Waals surface area contributed by atoms with Crippen LogP contribution in [-0.2, 0) is 4.79 Å². The van der Waals surface area contributed by atoms with Crippen molar-refractivity contribution in [2.24, 2.45) is 0 Å². The largest absolute Gasteiger partial charge is 0.481 e. The van der Waals surface area contributed by atoms with Crippen LogP contribution in [0.3, 0.4) is 0 Å². The Bertz CT molecular complexity index is 430. The summed E-state index contributed by atoms with van der Waals surface area (Å²) in [7, 11) is 0. The van der Waals surface area contributed by atoms with Gasteiger partial charge in [-0.3, -0.25) is 4.79 Å². The minimum atomic E-state index is -0.756. The molecule has 1 rings (SSSR count). The van der Waals surface area contributed by atoms with Crippen molar-refractivity contribution in [1.29, 1.82) is 0 Å². The summed E-state index contributed by atoms with van der Waals surface area (Å²) in [4.78, 5) is 19.7. The van der Waals surface area contributed by atoms with Gasteiger partial charge in [0.25, 0.3) is 0 Å². The molecule has 1 heterocycles. The number of unbranched alkanes of at least 4 members (excludes halogenated alkanes) is 2. The summed E-state index contributed by atoms with van der Waals surface area (Å²) >= 11 is 0. The number of aromatic nitrogens is 1. The molecule has 0 radical (unpaired) electrons. The zero-order valence-electron chi connectivity index (χ0n) is 14.1. The Balaban J connectivity index is 2.76. The molecule has 0 amide bonds. The van der Waals surface area contributed by atoms with Gasteiger partial charge in [-0.1, -0.05) is 19.8 Å². The molecule has 124 valence electrons. The SMILES string of the molecule is CCCCCN(CCC(=O)O)c1ccc(N(CC)CC)nc1. The van der Waals surface area contributed by atoms with Crippen LogP contribution in [-0.4, -0.2) is 42.2 Å². The summed E-state index contributed by atoms with van der Waals surface area (Å²) in [5, 5.41) is 8.91. The van der Waals surface area contributed by atoms with E-state index in [1.165, 1.54) is 0 Å². The van der Waals surface area contributed by atoms with E-state index in [1.54, 1.807) is 0 Å². The van der Waals surface area contributed by atoms with E-state index in [1.807, 2.05) is 12.3 Å². The normalized spacial score (nSPS) is 10.5. The maximum Gasteiger partial charge on any atom is 0.305 e. The molecule has 0 aliphatic carbocycles. The van der Waals surface area contributed by atoms with Crippen LogP contribution in [0.5, 0.6) is 0 Å². The van der Waals surface area contributed by atoms with Crippen molar-refractivity contribution < 1.29 is 9.90 Å². The molecule has 0 unspecified atom stereocenters. The van der Waals surface area contributed by atoms with Gasteiger partial charge in [0.2, 0.25) is 0 Å². The van der Waals surface area contributed by atoms with E-state index in [2.05, 4.69) is 41.6 Å². The zero-order valence-corrected chi connectivity index (χ0v) is 14.1. The Hall–Kier alpha value is -1.78. The third kappa shape index (κ3) is 5.92. The lowest BCUT2D eigenvalue weighted by Crippen LogP contribution is -2.28. The molecular formula is C17H29N3O2. The van der Waals surface area contributed by atoms with Gasteiger partial charge in [0.05, 0.1) is 18.3 Å². The smallest absolute Gasteiger partial charge is 0.305 e. The van der Waals surface area contributed by atoms with E-state index in [9.17, 15) is 4.79 Å². The molecule has 22 heavy (non-hydrogen) atoms. The second-order valence-corrected chi connectivity index (χ2v) is 5.38. The number of carboxylic acids is 1. The summed E-state index contributed by atoms with van der Waals surface area (Å²) in [5.41, 5.74) is 1.01. The number of anilines is 2. The number of carbonyl (C=O) groups is 1. The van der Waals surface area contributed by atoms with Crippen LogP contribution in [0.1, 0.15) is 46.5 Å². The monoisotopic (exact) mass is 307 g/mol. The van der Waals surface area contributed by atoms with Crippen LogP contribution in [0.4, 0.5) is 11.5 Å². The number of nitrogens with zero attached hydrogens (tertiary/aromatic N) is 3. The fourth-order valence-electron chi connectivity index (χ4n) is 2.45. The number of hydrogen-bond donors (Lipinski definition) is 1. The van der Waals surface area contributed by atoms with Gasteiger partial charge in [-0.05, 0) is 32.4 Å². The number of hydrogen-bond acceptors (Lipinski definition) is 4. The van der Waals surface area contributed by atoms with Crippen molar-refractivity contribution in [3.63, 3.8) is 0 Å². The third-order valence-electron chi connectivity index (χ3n) is 3.81. The summed E-state index contributed by atoms with van der Waals surface area (Å²) in [6.45, 7) is 9.68. The lowest BCUT2D eigenvalue weighted by atomic mass is 10.2. The predicted octanol–water partition coefficient (Wildman–Crippen LogP) is 3.40. The second kappa shape index (κ2) is 10.0. The Kier molecular flexibility index (Phi) is 8.33. The number of rotatable bonds is 11. The first-order valence-electron chi connectivity index (χ1n) is 8.30. The van der Waals surface area contributed by atoms with E-state index >= 15 is 0 Å². The predicted molar refractivity (Wildman–Crippen MR) is 91.8 cm³/mol. The van der Waals surface area contributed by atoms with Gasteiger partial charge >= 0.3 is 5.97 Å². The summed E-state index contributed by atoms with van der Waals surface area (Å²) in [6.07, 6.45) is 5.42. The Morgan fingerprint density at radius 2 is 1.82 bits per heavy atom. The Labute approximate surface area is 134 Å². The molecule has 1 N–H and O–H groups in total. The average molecular weight is 307 g/mol. The van der Waals surface area contributed by atoms with Crippen LogP contribution in [0.15, 0.2) is 18.3 Å². The van der Waals surface area contributed by atoms with Gasteiger partial charge in [-0.25, -0.2) is 4.98 Å². The molecule has 0 saturated carbocycles. The van der Waals surface area contributed by atoms with Crippen LogP contribution in [0.2, 0.25) is 0 Å². The summed E-state index contributed by atoms with van der Waals surface area (Å²) in [6, 6.07) is 4.07. The first-order valence-corrected chi connectivity index (χ1v) is 8.30. The fourth-order valence-corrected chi connectivity index (χ4v) is 2.45.